The molecule has 1 N–H and O–H groups in total. The number of hydrogen-bond donors (Lipinski definition) is 1. The van der Waals surface area contributed by atoms with Crippen molar-refractivity contribution < 1.29 is 18.8 Å². The standard InChI is InChI=1S/C29H30FN3O3/c1-2-3-18-33-27(35)29(31-28(33)36,17-14-22-8-5-4-6-9-22)24-15-19-32(20-16-24)26(34)13-12-23-10-7-11-25(30)21-23/h4-13,21,24H,14-20H2,1H3,(H,31,36). The Bertz CT molecular complexity index is 1210. The topological polar surface area (TPSA) is 69.7 Å². The van der Waals surface area contributed by atoms with Crippen molar-refractivity contribution in [1.29, 1.82) is 0 Å². The van der Waals surface area contributed by atoms with E-state index in [0.29, 0.717) is 44.3 Å². The van der Waals surface area contributed by atoms with Crippen molar-refractivity contribution in [3.05, 3.63) is 77.6 Å². The molecule has 0 saturated carbocycles. The molecule has 4 amide bonds. The summed E-state index contributed by atoms with van der Waals surface area (Å²) in [6.07, 6.45) is 5.37. The van der Waals surface area contributed by atoms with Gasteiger partial charge in [0.15, 0.2) is 0 Å². The molecule has 186 valence electrons. The number of carbonyl (C=O) groups excluding carboxylic acids is 3. The first-order valence-corrected chi connectivity index (χ1v) is 12.2. The number of likely N-dealkylation sites (tertiary alicyclic amines) is 1. The molecule has 36 heavy (non-hydrogen) atoms. The molecule has 0 spiro atoms. The molecule has 7 heteroatoms. The molecular formula is C29H30FN3O3. The van der Waals surface area contributed by atoms with Gasteiger partial charge in [-0.2, -0.15) is 0 Å². The number of benzene rings is 2. The third kappa shape index (κ3) is 5.49. The number of amides is 4. The van der Waals surface area contributed by atoms with E-state index in [1.165, 1.54) is 23.1 Å². The van der Waals surface area contributed by atoms with Crippen LogP contribution in [0.4, 0.5) is 9.18 Å². The Morgan fingerprint density at radius 3 is 2.58 bits per heavy atom. The summed E-state index contributed by atoms with van der Waals surface area (Å²) in [6.45, 7) is 2.69. The van der Waals surface area contributed by atoms with Gasteiger partial charge in [0, 0.05) is 19.2 Å². The summed E-state index contributed by atoms with van der Waals surface area (Å²) in [5, 5.41) is 3.03. The van der Waals surface area contributed by atoms with Crippen LogP contribution in [0, 0.1) is 23.6 Å². The average molecular weight is 488 g/mol. The van der Waals surface area contributed by atoms with Gasteiger partial charge in [0.25, 0.3) is 5.91 Å². The van der Waals surface area contributed by atoms with Crippen molar-refractivity contribution in [2.75, 3.05) is 19.6 Å². The molecule has 6 nitrogen and oxygen atoms in total. The second-order valence-corrected chi connectivity index (χ2v) is 9.19. The van der Waals surface area contributed by atoms with Gasteiger partial charge in [0.2, 0.25) is 5.91 Å². The Kier molecular flexibility index (Phi) is 7.84. The molecule has 2 aliphatic heterocycles. The highest BCUT2D eigenvalue weighted by atomic mass is 19.1. The molecule has 4 rings (SSSR count). The third-order valence-corrected chi connectivity index (χ3v) is 7.04. The molecule has 0 bridgehead atoms. The number of rotatable bonds is 7. The van der Waals surface area contributed by atoms with Gasteiger partial charge in [0.05, 0.1) is 6.54 Å². The van der Waals surface area contributed by atoms with Gasteiger partial charge < -0.3 is 10.2 Å². The van der Waals surface area contributed by atoms with Crippen molar-refractivity contribution in [3.8, 4) is 11.8 Å². The molecule has 0 radical (unpaired) electrons. The zero-order valence-corrected chi connectivity index (χ0v) is 20.4. The zero-order chi connectivity index (χ0) is 25.5. The van der Waals surface area contributed by atoms with Gasteiger partial charge in [-0.25, -0.2) is 9.18 Å². The van der Waals surface area contributed by atoms with Crippen LogP contribution in [0.1, 0.15) is 37.3 Å². The Morgan fingerprint density at radius 1 is 1.14 bits per heavy atom. The number of hydrogen-bond acceptors (Lipinski definition) is 3. The lowest BCUT2D eigenvalue weighted by Gasteiger charge is -2.40. The van der Waals surface area contributed by atoms with Gasteiger partial charge in [-0.05, 0) is 67.9 Å². The van der Waals surface area contributed by atoms with Crippen LogP contribution in [-0.2, 0) is 16.0 Å². The molecule has 1 atom stereocenters. The average Bonchev–Trinajstić information content (AvgIpc) is 3.15. The number of piperidine rings is 1. The van der Waals surface area contributed by atoms with Crippen LogP contribution >= 0.6 is 0 Å². The normalized spacial score (nSPS) is 20.4. The van der Waals surface area contributed by atoms with Gasteiger partial charge >= 0.3 is 6.03 Å². The quantitative estimate of drug-likeness (QED) is 0.364. The minimum Gasteiger partial charge on any atom is -0.339 e. The number of carbonyl (C=O) groups is 3. The SMILES string of the molecule is CC#CCN1C(=O)NC(CCc2ccccc2)(C2CCN(C(=O)C=Cc3cccc(F)c3)CC2)C1=O. The summed E-state index contributed by atoms with van der Waals surface area (Å²) in [5.74, 6) is 4.73. The second kappa shape index (κ2) is 11.2. The fourth-order valence-corrected chi connectivity index (χ4v) is 5.06. The molecule has 2 aromatic rings. The lowest BCUT2D eigenvalue weighted by Crippen LogP contribution is -2.56. The second-order valence-electron chi connectivity index (χ2n) is 9.19. The molecule has 2 aliphatic rings. The Labute approximate surface area is 211 Å². The van der Waals surface area contributed by atoms with Crippen LogP contribution in [0.15, 0.2) is 60.7 Å². The highest BCUT2D eigenvalue weighted by Crippen LogP contribution is 2.37. The van der Waals surface area contributed by atoms with E-state index in [0.717, 1.165) is 5.56 Å². The predicted molar refractivity (Wildman–Crippen MR) is 136 cm³/mol. The zero-order valence-electron chi connectivity index (χ0n) is 20.4. The first kappa shape index (κ1) is 25.2. The van der Waals surface area contributed by atoms with E-state index >= 15 is 0 Å². The lowest BCUT2D eigenvalue weighted by atomic mass is 9.74. The summed E-state index contributed by atoms with van der Waals surface area (Å²) in [5.41, 5.74) is 0.697. The Morgan fingerprint density at radius 2 is 1.89 bits per heavy atom. The Balaban J connectivity index is 1.47. The lowest BCUT2D eigenvalue weighted by molar-refractivity contribution is -0.134. The minimum atomic E-state index is -1.02. The fraction of sp³-hybridized carbons (Fsp3) is 0.345. The monoisotopic (exact) mass is 487 g/mol. The number of nitrogens with zero attached hydrogens (tertiary/aromatic N) is 2. The van der Waals surface area contributed by atoms with Crippen molar-refractivity contribution in [2.24, 2.45) is 5.92 Å². The number of halogens is 1. The van der Waals surface area contributed by atoms with Crippen molar-refractivity contribution >= 4 is 23.9 Å². The van der Waals surface area contributed by atoms with Gasteiger partial charge in [-0.1, -0.05) is 48.4 Å². The molecule has 0 aliphatic carbocycles. The highest BCUT2D eigenvalue weighted by molar-refractivity contribution is 6.07. The van der Waals surface area contributed by atoms with Gasteiger partial charge in [0.1, 0.15) is 11.4 Å². The molecule has 2 fully saturated rings. The summed E-state index contributed by atoms with van der Waals surface area (Å²) < 4.78 is 13.4. The van der Waals surface area contributed by atoms with Crippen LogP contribution in [0.25, 0.3) is 6.08 Å². The third-order valence-electron chi connectivity index (χ3n) is 7.04. The van der Waals surface area contributed by atoms with E-state index in [2.05, 4.69) is 17.2 Å². The van der Waals surface area contributed by atoms with Crippen molar-refractivity contribution in [3.63, 3.8) is 0 Å². The Hall–Kier alpha value is -3.92. The van der Waals surface area contributed by atoms with Crippen LogP contribution < -0.4 is 5.32 Å². The van der Waals surface area contributed by atoms with Crippen LogP contribution in [0.2, 0.25) is 0 Å². The maximum atomic E-state index is 13.6. The molecule has 1 unspecified atom stereocenters. The summed E-state index contributed by atoms with van der Waals surface area (Å²) >= 11 is 0. The molecular weight excluding hydrogens is 457 g/mol. The van der Waals surface area contributed by atoms with Crippen LogP contribution in [-0.4, -0.2) is 52.8 Å². The molecule has 2 heterocycles. The molecule has 2 saturated heterocycles. The fourth-order valence-electron chi connectivity index (χ4n) is 5.06. The van der Waals surface area contributed by atoms with E-state index in [-0.39, 0.29) is 30.1 Å². The van der Waals surface area contributed by atoms with E-state index in [9.17, 15) is 18.8 Å². The van der Waals surface area contributed by atoms with E-state index in [1.807, 2.05) is 30.3 Å². The maximum Gasteiger partial charge on any atom is 0.325 e. The number of aryl methyl sites for hydroxylation is 1. The minimum absolute atomic E-state index is 0.0659. The van der Waals surface area contributed by atoms with Crippen LogP contribution in [0.3, 0.4) is 0 Å². The summed E-state index contributed by atoms with van der Waals surface area (Å²) in [6, 6.07) is 15.6. The first-order valence-electron chi connectivity index (χ1n) is 12.2. The van der Waals surface area contributed by atoms with Crippen molar-refractivity contribution in [1.82, 2.24) is 15.1 Å². The molecule has 0 aromatic heterocycles. The number of imide groups is 1. The smallest absolute Gasteiger partial charge is 0.325 e. The van der Waals surface area contributed by atoms with E-state index in [4.69, 9.17) is 0 Å². The number of urea groups is 1. The maximum absolute atomic E-state index is 13.6. The summed E-state index contributed by atoms with van der Waals surface area (Å²) in [7, 11) is 0. The number of nitrogens with one attached hydrogen (secondary N) is 1. The van der Waals surface area contributed by atoms with Gasteiger partial charge in [-0.3, -0.25) is 14.5 Å². The van der Waals surface area contributed by atoms with Crippen LogP contribution in [0.5, 0.6) is 0 Å². The largest absolute Gasteiger partial charge is 0.339 e. The first-order chi connectivity index (χ1) is 17.4. The summed E-state index contributed by atoms with van der Waals surface area (Å²) in [4.78, 5) is 42.1. The van der Waals surface area contributed by atoms with Crippen molar-refractivity contribution in [2.45, 2.75) is 38.1 Å². The van der Waals surface area contributed by atoms with E-state index in [1.54, 1.807) is 30.0 Å². The highest BCUT2D eigenvalue weighted by Gasteiger charge is 2.55. The van der Waals surface area contributed by atoms with E-state index < -0.39 is 11.6 Å². The molecule has 2 aromatic carbocycles. The van der Waals surface area contributed by atoms with Gasteiger partial charge in [-0.15, -0.1) is 5.92 Å². The predicted octanol–water partition coefficient (Wildman–Crippen LogP) is 4.02.